The van der Waals surface area contributed by atoms with E-state index < -0.39 is 90.0 Å². The first kappa shape index (κ1) is 33.4. The number of amides is 4. The van der Waals surface area contributed by atoms with E-state index in [0.29, 0.717) is 0 Å². The summed E-state index contributed by atoms with van der Waals surface area (Å²) in [5.74, 6) is -6.81. The van der Waals surface area contributed by atoms with Gasteiger partial charge in [-0.25, -0.2) is 4.79 Å². The molecule has 0 radical (unpaired) electrons. The molecule has 2 aliphatic rings. The average Bonchev–Trinajstić information content (AvgIpc) is 3.32. The lowest BCUT2D eigenvalue weighted by molar-refractivity contribution is -0.142. The van der Waals surface area contributed by atoms with E-state index in [0.717, 1.165) is 22.7 Å². The molecule has 43 heavy (non-hydrogen) atoms. The minimum absolute atomic E-state index is 0.0236. The number of hydrogen-bond acceptors (Lipinski definition) is 12. The first-order valence-electron chi connectivity index (χ1n) is 13.3. The van der Waals surface area contributed by atoms with E-state index in [-0.39, 0.29) is 41.2 Å². The second-order valence-corrected chi connectivity index (χ2v) is 11.3. The number of nitrogens with two attached hydrogens (primary N) is 1. The highest BCUT2D eigenvalue weighted by Crippen LogP contribution is 2.35. The van der Waals surface area contributed by atoms with Crippen molar-refractivity contribution in [3.8, 4) is 11.5 Å². The van der Waals surface area contributed by atoms with Crippen molar-refractivity contribution in [1.29, 1.82) is 0 Å². The van der Waals surface area contributed by atoms with Crippen LogP contribution in [0.25, 0.3) is 0 Å². The molecule has 4 amide bonds. The maximum Gasteiger partial charge on any atom is 0.339 e. The van der Waals surface area contributed by atoms with E-state index in [1.165, 1.54) is 20.8 Å². The van der Waals surface area contributed by atoms with Gasteiger partial charge in [0.2, 0.25) is 23.6 Å². The number of aliphatic hydroxyl groups is 1. The Labute approximate surface area is 250 Å². The first-order chi connectivity index (χ1) is 20.1. The number of carbonyl (C=O) groups is 6. The number of aliphatic hydroxyl groups excluding tert-OH is 1. The summed E-state index contributed by atoms with van der Waals surface area (Å²) in [7, 11) is 0. The zero-order valence-electron chi connectivity index (χ0n) is 23.7. The Kier molecular flexibility index (Phi) is 10.8. The van der Waals surface area contributed by atoms with Gasteiger partial charge >= 0.3 is 11.9 Å². The molecule has 0 spiro atoms. The van der Waals surface area contributed by atoms with Gasteiger partial charge in [0.15, 0.2) is 0 Å². The number of carbonyl (C=O) groups excluding carboxylic acids is 5. The minimum atomic E-state index is -1.65. The number of aliphatic carboxylic acids is 1. The van der Waals surface area contributed by atoms with Crippen molar-refractivity contribution in [2.75, 3.05) is 18.9 Å². The molecule has 9 N–H and O–H groups in total. The number of thioether (sulfide) groups is 1. The SMILES string of the molecule is Cc1c(O)cc(O)c2c1C(=O)OC[C@H](NC(=O)C1[C@H](O)CCN1C(=O)[C@H](C)N)C(=O)N[C@H](C(=O)N[C@@H](C)C(=O)O)CSC2. The van der Waals surface area contributed by atoms with Crippen molar-refractivity contribution in [3.63, 3.8) is 0 Å². The molecule has 0 aliphatic carbocycles. The van der Waals surface area contributed by atoms with E-state index in [9.17, 15) is 49.2 Å². The van der Waals surface area contributed by atoms with Gasteiger partial charge < -0.3 is 51.7 Å². The summed E-state index contributed by atoms with van der Waals surface area (Å²) < 4.78 is 5.32. The van der Waals surface area contributed by atoms with Gasteiger partial charge in [0.05, 0.1) is 17.7 Å². The van der Waals surface area contributed by atoms with Gasteiger partial charge in [0, 0.05) is 35.2 Å². The molecule has 0 aromatic heterocycles. The number of rotatable bonds is 6. The highest BCUT2D eigenvalue weighted by atomic mass is 32.2. The zero-order chi connectivity index (χ0) is 32.2. The van der Waals surface area contributed by atoms with Crippen LogP contribution in [0, 0.1) is 6.92 Å². The number of phenols is 2. The predicted octanol–water partition coefficient (Wildman–Crippen LogP) is -2.32. The molecule has 6 atom stereocenters. The van der Waals surface area contributed by atoms with E-state index >= 15 is 0 Å². The number of carboxylic acids is 1. The molecule has 2 aliphatic heterocycles. The molecule has 236 valence electrons. The highest BCUT2D eigenvalue weighted by molar-refractivity contribution is 7.98. The van der Waals surface area contributed by atoms with Crippen molar-refractivity contribution >= 4 is 47.3 Å². The van der Waals surface area contributed by atoms with Crippen LogP contribution in [0.4, 0.5) is 0 Å². The van der Waals surface area contributed by atoms with Gasteiger partial charge in [-0.2, -0.15) is 11.8 Å². The van der Waals surface area contributed by atoms with Crippen molar-refractivity contribution in [3.05, 3.63) is 22.8 Å². The molecule has 17 heteroatoms. The van der Waals surface area contributed by atoms with Gasteiger partial charge in [-0.05, 0) is 27.2 Å². The smallest absolute Gasteiger partial charge is 0.339 e. The number of cyclic esters (lactones) is 1. The standard InChI is InChI=1S/C26H35N5O11S/c1-10-17(33)6-18(34)13-8-43-9-15(22(36)28-12(3)25(39)40)30-21(35)14(7-42-26(41)19(10)13)29-23(37)20-16(32)4-5-31(20)24(38)11(2)27/h6,11-12,14-16,20,32-34H,4-5,7-9,27H2,1-3H3,(H,28,36)(H,29,37)(H,30,35)(H,39,40)/t11-,12-,14-,15-,16+,20?/m0/s1. The number of aromatic hydroxyl groups is 2. The fourth-order valence-corrected chi connectivity index (χ4v) is 5.70. The Morgan fingerprint density at radius 3 is 2.47 bits per heavy atom. The number of fused-ring (bicyclic) bond motifs is 1. The van der Waals surface area contributed by atoms with Crippen LogP contribution in [0.2, 0.25) is 0 Å². The Morgan fingerprint density at radius 1 is 1.16 bits per heavy atom. The molecule has 1 fully saturated rings. The molecule has 16 nitrogen and oxygen atoms in total. The minimum Gasteiger partial charge on any atom is -0.508 e. The summed E-state index contributed by atoms with van der Waals surface area (Å²) in [6.07, 6.45) is -1.22. The van der Waals surface area contributed by atoms with Crippen LogP contribution in [0.15, 0.2) is 6.07 Å². The van der Waals surface area contributed by atoms with E-state index in [2.05, 4.69) is 16.0 Å². The van der Waals surface area contributed by atoms with Gasteiger partial charge in [-0.1, -0.05) is 0 Å². The lowest BCUT2D eigenvalue weighted by Crippen LogP contribution is -2.60. The normalized spacial score (nSPS) is 24.3. The molecule has 3 rings (SSSR count). The van der Waals surface area contributed by atoms with E-state index in [1.54, 1.807) is 0 Å². The Morgan fingerprint density at radius 2 is 1.84 bits per heavy atom. The molecule has 0 saturated carbocycles. The number of likely N-dealkylation sites (tertiary alicyclic amines) is 1. The highest BCUT2D eigenvalue weighted by Gasteiger charge is 2.43. The number of phenolic OH excluding ortho intramolecular Hbond substituents is 2. The number of nitrogens with zero attached hydrogens (tertiary/aromatic N) is 1. The van der Waals surface area contributed by atoms with Crippen molar-refractivity contribution in [2.45, 2.75) is 69.3 Å². The number of esters is 1. The maximum absolute atomic E-state index is 13.4. The fourth-order valence-electron chi connectivity index (χ4n) is 4.61. The third-order valence-corrected chi connectivity index (χ3v) is 8.12. The summed E-state index contributed by atoms with van der Waals surface area (Å²) in [6.45, 7) is 3.27. The average molecular weight is 626 g/mol. The summed E-state index contributed by atoms with van der Waals surface area (Å²) >= 11 is 1.01. The molecule has 1 saturated heterocycles. The largest absolute Gasteiger partial charge is 0.508 e. The molecule has 1 aromatic carbocycles. The second-order valence-electron chi connectivity index (χ2n) is 10.3. The Hall–Kier alpha value is -4.09. The summed E-state index contributed by atoms with van der Waals surface area (Å²) in [5.41, 5.74) is 5.64. The number of ether oxygens (including phenoxy) is 1. The number of carboxylic acid groups (broad SMARTS) is 1. The monoisotopic (exact) mass is 625 g/mol. The Bertz CT molecular complexity index is 1310. The molecule has 1 aromatic rings. The van der Waals surface area contributed by atoms with Crippen LogP contribution in [-0.2, 0) is 34.5 Å². The molecule has 2 heterocycles. The van der Waals surface area contributed by atoms with Gasteiger partial charge in [0.25, 0.3) is 0 Å². The van der Waals surface area contributed by atoms with Gasteiger partial charge in [0.1, 0.15) is 42.3 Å². The molecule has 0 bridgehead atoms. The summed E-state index contributed by atoms with van der Waals surface area (Å²) in [6, 6.07) is -5.65. The van der Waals surface area contributed by atoms with Gasteiger partial charge in [-0.3, -0.25) is 24.0 Å². The van der Waals surface area contributed by atoms with Crippen molar-refractivity contribution in [2.24, 2.45) is 5.73 Å². The lowest BCUT2D eigenvalue weighted by Gasteiger charge is -2.29. The quantitative estimate of drug-likeness (QED) is 0.155. The first-order valence-corrected chi connectivity index (χ1v) is 14.5. The van der Waals surface area contributed by atoms with Crippen molar-refractivity contribution in [1.82, 2.24) is 20.9 Å². The third kappa shape index (κ3) is 7.66. The summed E-state index contributed by atoms with van der Waals surface area (Å²) in [5, 5.41) is 47.4. The third-order valence-electron chi connectivity index (χ3n) is 7.06. The summed E-state index contributed by atoms with van der Waals surface area (Å²) in [4.78, 5) is 77.7. The number of hydrogen-bond donors (Lipinski definition) is 8. The van der Waals surface area contributed by atoms with Gasteiger partial charge in [-0.15, -0.1) is 0 Å². The molecule has 1 unspecified atom stereocenters. The second kappa shape index (κ2) is 13.9. The Balaban J connectivity index is 1.97. The maximum atomic E-state index is 13.4. The van der Waals surface area contributed by atoms with Crippen molar-refractivity contribution < 1.29 is 53.9 Å². The topological polar surface area (TPSA) is 258 Å². The van der Waals surface area contributed by atoms with Crippen LogP contribution < -0.4 is 21.7 Å². The predicted molar refractivity (Wildman–Crippen MR) is 150 cm³/mol. The molecular weight excluding hydrogens is 590 g/mol. The van der Waals surface area contributed by atoms with E-state index in [1.807, 2.05) is 0 Å². The van der Waals surface area contributed by atoms with Crippen LogP contribution in [0.1, 0.15) is 41.8 Å². The van der Waals surface area contributed by atoms with Crippen LogP contribution in [0.5, 0.6) is 11.5 Å². The fraction of sp³-hybridized carbons (Fsp3) is 0.538. The molecular formula is C26H35N5O11S. The zero-order valence-corrected chi connectivity index (χ0v) is 24.5. The van der Waals surface area contributed by atoms with Crippen LogP contribution in [-0.4, -0.2) is 116 Å². The van der Waals surface area contributed by atoms with Crippen LogP contribution in [0.3, 0.4) is 0 Å². The number of benzene rings is 1. The van der Waals surface area contributed by atoms with Crippen LogP contribution >= 0.6 is 11.8 Å². The number of nitrogens with one attached hydrogen (secondary N) is 3. The lowest BCUT2D eigenvalue weighted by atomic mass is 10.0. The van der Waals surface area contributed by atoms with E-state index in [4.69, 9.17) is 10.5 Å².